The molecule has 0 spiro atoms. The van der Waals surface area contributed by atoms with Crippen LogP contribution < -0.4 is 0 Å². The molecule has 8 heteroatoms. The number of piperidine rings is 1. The van der Waals surface area contributed by atoms with Crippen molar-refractivity contribution in [1.29, 1.82) is 0 Å². The van der Waals surface area contributed by atoms with E-state index in [9.17, 15) is 0 Å². The van der Waals surface area contributed by atoms with Crippen LogP contribution in [0.1, 0.15) is 42.5 Å². The highest BCUT2D eigenvalue weighted by Gasteiger charge is 2.27. The van der Waals surface area contributed by atoms with Gasteiger partial charge in [0.05, 0.1) is 12.6 Å². The first-order valence-electron chi connectivity index (χ1n) is 8.47. The number of likely N-dealkylation sites (tertiary alicyclic amines) is 1. The van der Waals surface area contributed by atoms with Gasteiger partial charge in [-0.05, 0) is 50.2 Å². The number of hydrogen-bond donors (Lipinski definition) is 0. The summed E-state index contributed by atoms with van der Waals surface area (Å²) in [5.74, 6) is 1.82. The van der Waals surface area contributed by atoms with Gasteiger partial charge in [0.25, 0.3) is 0 Å². The Balaban J connectivity index is 1.46. The summed E-state index contributed by atoms with van der Waals surface area (Å²) in [5, 5.41) is 13.8. The summed E-state index contributed by atoms with van der Waals surface area (Å²) >= 11 is 1.48. The van der Waals surface area contributed by atoms with Crippen LogP contribution in [0.2, 0.25) is 0 Å². The van der Waals surface area contributed by atoms with E-state index in [2.05, 4.69) is 20.3 Å². The predicted octanol–water partition coefficient (Wildman–Crippen LogP) is 3.58. The van der Waals surface area contributed by atoms with Crippen LogP contribution in [0, 0.1) is 6.92 Å². The Morgan fingerprint density at radius 1 is 1.32 bits per heavy atom. The van der Waals surface area contributed by atoms with Crippen molar-refractivity contribution in [2.45, 2.75) is 49.0 Å². The Morgan fingerprint density at radius 2 is 2.24 bits per heavy atom. The summed E-state index contributed by atoms with van der Waals surface area (Å²) in [6, 6.07) is 6.37. The first kappa shape index (κ1) is 16.4. The second kappa shape index (κ2) is 7.05. The van der Waals surface area contributed by atoms with Crippen molar-refractivity contribution in [3.05, 3.63) is 41.7 Å². The summed E-state index contributed by atoms with van der Waals surface area (Å²) in [7, 11) is 1.92. The van der Waals surface area contributed by atoms with Gasteiger partial charge in [-0.25, -0.2) is 0 Å². The Kier molecular flexibility index (Phi) is 4.63. The number of aromatic nitrogens is 4. The predicted molar refractivity (Wildman–Crippen MR) is 92.1 cm³/mol. The molecule has 3 aromatic rings. The van der Waals surface area contributed by atoms with Crippen LogP contribution in [0.15, 0.2) is 43.7 Å². The molecule has 0 aliphatic carbocycles. The van der Waals surface area contributed by atoms with Gasteiger partial charge in [0.2, 0.25) is 0 Å². The highest BCUT2D eigenvalue weighted by molar-refractivity contribution is 7.99. The third kappa shape index (κ3) is 3.64. The van der Waals surface area contributed by atoms with Crippen LogP contribution in [0.4, 0.5) is 0 Å². The van der Waals surface area contributed by atoms with Crippen LogP contribution in [-0.2, 0) is 13.6 Å². The van der Waals surface area contributed by atoms with Gasteiger partial charge in [-0.1, -0.05) is 11.6 Å². The number of rotatable bonds is 5. The highest BCUT2D eigenvalue weighted by Crippen LogP contribution is 2.33. The Labute approximate surface area is 150 Å². The molecule has 1 atom stereocenters. The molecule has 1 aliphatic rings. The molecule has 4 heterocycles. The lowest BCUT2D eigenvalue weighted by molar-refractivity contribution is 0.122. The van der Waals surface area contributed by atoms with Crippen molar-refractivity contribution in [1.82, 2.24) is 24.8 Å². The van der Waals surface area contributed by atoms with Crippen LogP contribution in [-0.4, -0.2) is 31.4 Å². The number of hydrogen-bond acceptors (Lipinski definition) is 7. The van der Waals surface area contributed by atoms with E-state index in [-0.39, 0.29) is 0 Å². The van der Waals surface area contributed by atoms with Crippen LogP contribution in [0.25, 0.3) is 0 Å². The number of aryl methyl sites for hydroxylation is 2. The van der Waals surface area contributed by atoms with Gasteiger partial charge < -0.3 is 13.5 Å². The van der Waals surface area contributed by atoms with Crippen molar-refractivity contribution in [2.75, 3.05) is 6.54 Å². The molecule has 0 radical (unpaired) electrons. The lowest BCUT2D eigenvalue weighted by Gasteiger charge is -2.33. The van der Waals surface area contributed by atoms with Gasteiger partial charge in [0.1, 0.15) is 23.5 Å². The van der Waals surface area contributed by atoms with Crippen LogP contribution >= 0.6 is 11.8 Å². The topological polar surface area (TPSA) is 73.1 Å². The minimum absolute atomic E-state index is 0.297. The molecule has 0 N–H and O–H groups in total. The number of nitrogens with zero attached hydrogens (tertiary/aromatic N) is 5. The second-order valence-corrected chi connectivity index (χ2v) is 7.36. The van der Waals surface area contributed by atoms with E-state index in [1.807, 2.05) is 36.7 Å². The molecule has 0 bridgehead atoms. The fourth-order valence-electron chi connectivity index (χ4n) is 3.21. The maximum Gasteiger partial charge on any atom is 0.198 e. The lowest BCUT2D eigenvalue weighted by Crippen LogP contribution is -2.33. The third-order valence-corrected chi connectivity index (χ3v) is 5.43. The summed E-state index contributed by atoms with van der Waals surface area (Å²) < 4.78 is 13.1. The molecule has 0 aromatic carbocycles. The average Bonchev–Trinajstić information content (AvgIpc) is 3.32. The van der Waals surface area contributed by atoms with E-state index < -0.39 is 0 Å². The molecule has 0 unspecified atom stereocenters. The Bertz CT molecular complexity index is 840. The first-order chi connectivity index (χ1) is 12.2. The molecule has 1 aliphatic heterocycles. The summed E-state index contributed by atoms with van der Waals surface area (Å²) in [5.41, 5.74) is 1.03. The SMILES string of the molecule is Cc1cc([C@@H]2CCCCN2Cc2ccc(Sc3nncn3C)o2)no1. The van der Waals surface area contributed by atoms with Crippen molar-refractivity contribution in [3.63, 3.8) is 0 Å². The molecule has 1 saturated heterocycles. The maximum absolute atomic E-state index is 6.00. The minimum Gasteiger partial charge on any atom is -0.453 e. The van der Waals surface area contributed by atoms with Gasteiger partial charge in [-0.15, -0.1) is 10.2 Å². The zero-order chi connectivity index (χ0) is 17.2. The lowest BCUT2D eigenvalue weighted by atomic mass is 9.99. The van der Waals surface area contributed by atoms with Crippen LogP contribution in [0.3, 0.4) is 0 Å². The Morgan fingerprint density at radius 3 is 3.00 bits per heavy atom. The van der Waals surface area contributed by atoms with E-state index >= 15 is 0 Å². The summed E-state index contributed by atoms with van der Waals surface area (Å²) in [6.07, 6.45) is 5.21. The van der Waals surface area contributed by atoms with Crippen molar-refractivity contribution in [2.24, 2.45) is 7.05 Å². The zero-order valence-corrected chi connectivity index (χ0v) is 15.2. The van der Waals surface area contributed by atoms with Gasteiger partial charge in [-0.3, -0.25) is 4.90 Å². The molecule has 0 saturated carbocycles. The van der Waals surface area contributed by atoms with E-state index in [4.69, 9.17) is 8.94 Å². The third-order valence-electron chi connectivity index (χ3n) is 4.46. The van der Waals surface area contributed by atoms with Crippen LogP contribution in [0.5, 0.6) is 0 Å². The van der Waals surface area contributed by atoms with Gasteiger partial charge >= 0.3 is 0 Å². The monoisotopic (exact) mass is 359 g/mol. The first-order valence-corrected chi connectivity index (χ1v) is 9.28. The van der Waals surface area contributed by atoms with Gasteiger partial charge in [0.15, 0.2) is 10.2 Å². The van der Waals surface area contributed by atoms with Gasteiger partial charge in [-0.2, -0.15) is 0 Å². The number of furan rings is 1. The largest absolute Gasteiger partial charge is 0.453 e. The molecule has 0 amide bonds. The van der Waals surface area contributed by atoms with E-state index in [0.717, 1.165) is 47.0 Å². The van der Waals surface area contributed by atoms with Gasteiger partial charge in [0, 0.05) is 13.1 Å². The molecule has 25 heavy (non-hydrogen) atoms. The normalized spacial score (nSPS) is 18.7. The smallest absolute Gasteiger partial charge is 0.198 e. The molecule has 3 aromatic heterocycles. The minimum atomic E-state index is 0.297. The molecule has 4 rings (SSSR count). The van der Waals surface area contributed by atoms with E-state index in [1.165, 1.54) is 24.6 Å². The zero-order valence-electron chi connectivity index (χ0n) is 14.4. The standard InChI is InChI=1S/C17H21N5O2S/c1-12-9-14(20-24-12)15-5-3-4-8-22(15)10-13-6-7-16(23-13)25-17-19-18-11-21(17)2/h6-7,9,11,15H,3-5,8,10H2,1-2H3/t15-/m0/s1. The quantitative estimate of drug-likeness (QED) is 0.689. The fraction of sp³-hybridized carbons (Fsp3) is 0.471. The Hall–Kier alpha value is -2.06. The second-order valence-electron chi connectivity index (χ2n) is 6.39. The molecular formula is C17H21N5O2S. The highest BCUT2D eigenvalue weighted by atomic mass is 32.2. The molecule has 7 nitrogen and oxygen atoms in total. The van der Waals surface area contributed by atoms with Crippen molar-refractivity contribution in [3.8, 4) is 0 Å². The average molecular weight is 359 g/mol. The summed E-state index contributed by atoms with van der Waals surface area (Å²) in [4.78, 5) is 2.43. The summed E-state index contributed by atoms with van der Waals surface area (Å²) in [6.45, 7) is 3.76. The molecule has 1 fully saturated rings. The fourth-order valence-corrected chi connectivity index (χ4v) is 3.95. The van der Waals surface area contributed by atoms with Crippen molar-refractivity contribution >= 4 is 11.8 Å². The molecule has 132 valence electrons. The van der Waals surface area contributed by atoms with E-state index in [0.29, 0.717) is 6.04 Å². The maximum atomic E-state index is 6.00. The molecular weight excluding hydrogens is 338 g/mol. The van der Waals surface area contributed by atoms with E-state index in [1.54, 1.807) is 6.33 Å². The van der Waals surface area contributed by atoms with Crippen molar-refractivity contribution < 1.29 is 8.94 Å².